The van der Waals surface area contributed by atoms with Gasteiger partial charge in [-0.15, -0.1) is 0 Å². The molecule has 2 bridgehead atoms. The highest BCUT2D eigenvalue weighted by Crippen LogP contribution is 2.61. The maximum absolute atomic E-state index is 6.10. The summed E-state index contributed by atoms with van der Waals surface area (Å²) in [4.78, 5) is 0. The summed E-state index contributed by atoms with van der Waals surface area (Å²) in [7, 11) is -0.308. The van der Waals surface area contributed by atoms with Crippen LogP contribution in [0.2, 0.25) is 0 Å². The van der Waals surface area contributed by atoms with Crippen LogP contribution in [0.5, 0.6) is 0 Å². The zero-order valence-corrected chi connectivity index (χ0v) is 11.8. The molecule has 4 heteroatoms. The van der Waals surface area contributed by atoms with Gasteiger partial charge in [0.05, 0.1) is 12.2 Å². The van der Waals surface area contributed by atoms with E-state index in [9.17, 15) is 0 Å². The maximum atomic E-state index is 6.10. The Hall–Kier alpha value is -0.475. The first-order valence-electron chi connectivity index (χ1n) is 7.17. The van der Waals surface area contributed by atoms with E-state index in [-0.39, 0.29) is 19.3 Å². The second-order valence-electron chi connectivity index (χ2n) is 7.11. The van der Waals surface area contributed by atoms with Gasteiger partial charge < -0.3 is 15.0 Å². The van der Waals surface area contributed by atoms with Gasteiger partial charge in [0.1, 0.15) is 0 Å². The minimum atomic E-state index is -0.308. The Kier molecular flexibility index (Phi) is 2.79. The van der Waals surface area contributed by atoms with E-state index < -0.39 is 0 Å². The highest BCUT2D eigenvalue weighted by molar-refractivity contribution is 6.54. The Bertz CT molecular complexity index is 380. The molecule has 3 saturated carbocycles. The topological polar surface area (TPSA) is 44.5 Å². The van der Waals surface area contributed by atoms with E-state index in [0.29, 0.717) is 17.3 Å². The molecule has 0 aromatic carbocycles. The van der Waals surface area contributed by atoms with Crippen molar-refractivity contribution in [3.8, 4) is 0 Å². The van der Waals surface area contributed by atoms with Crippen LogP contribution in [0.3, 0.4) is 0 Å². The van der Waals surface area contributed by atoms with Gasteiger partial charge in [-0.1, -0.05) is 33.8 Å². The molecule has 4 rings (SSSR count). The number of rotatable bonds is 2. The second kappa shape index (κ2) is 4.01. The third kappa shape index (κ3) is 1.73. The average Bonchev–Trinajstić information content (AvgIpc) is 2.70. The number of hydrogen-bond donors (Lipinski definition) is 1. The van der Waals surface area contributed by atoms with Crippen LogP contribution >= 0.6 is 0 Å². The number of allylic oxidation sites excluding steroid dienone is 1. The van der Waals surface area contributed by atoms with Crippen molar-refractivity contribution in [2.75, 3.05) is 0 Å². The van der Waals surface area contributed by atoms with Crippen LogP contribution in [0.25, 0.3) is 0 Å². The summed E-state index contributed by atoms with van der Waals surface area (Å²) >= 11 is 0. The summed E-state index contributed by atoms with van der Waals surface area (Å²) in [5.74, 6) is 1.89. The largest absolute Gasteiger partial charge is 0.510 e. The van der Waals surface area contributed by atoms with E-state index in [4.69, 9.17) is 15.0 Å². The molecule has 0 radical (unpaired) electrons. The molecule has 3 nitrogen and oxygen atoms in total. The molecule has 18 heavy (non-hydrogen) atoms. The number of hydrogen-bond acceptors (Lipinski definition) is 3. The van der Waals surface area contributed by atoms with E-state index in [1.165, 1.54) is 6.42 Å². The minimum absolute atomic E-state index is 0.258. The summed E-state index contributed by atoms with van der Waals surface area (Å²) in [5, 5.41) is 0. The fourth-order valence-electron chi connectivity index (χ4n) is 3.96. The molecule has 0 aromatic heterocycles. The molecule has 4 fully saturated rings. The lowest BCUT2D eigenvalue weighted by atomic mass is 9.47. The van der Waals surface area contributed by atoms with Gasteiger partial charge in [0.25, 0.3) is 0 Å². The predicted octanol–water partition coefficient (Wildman–Crippen LogP) is 2.36. The van der Waals surface area contributed by atoms with Crippen molar-refractivity contribution in [3.63, 3.8) is 0 Å². The molecule has 1 saturated heterocycles. The highest BCUT2D eigenvalue weighted by atomic mass is 16.7. The molecule has 2 N–H and O–H groups in total. The van der Waals surface area contributed by atoms with Gasteiger partial charge >= 0.3 is 7.12 Å². The fourth-order valence-corrected chi connectivity index (χ4v) is 3.96. The summed E-state index contributed by atoms with van der Waals surface area (Å²) < 4.78 is 12.1. The van der Waals surface area contributed by atoms with E-state index in [1.807, 2.05) is 6.08 Å². The predicted molar refractivity (Wildman–Crippen MR) is 72.6 cm³/mol. The molecule has 1 heterocycles. The monoisotopic (exact) mass is 249 g/mol. The first kappa shape index (κ1) is 12.6. The zero-order valence-electron chi connectivity index (χ0n) is 11.8. The standard InChI is InChI=1S/C14H24BNO2/c1-8(2)5-12(16)15-17-11-7-9-6-10(13(11)18-15)14(9,3)4/h5,8-11,13H,6-7,16H2,1-4H3/b12-5+/t9?,10-,11-,13+/m1/s1. The Labute approximate surface area is 110 Å². The molecule has 0 spiro atoms. The van der Waals surface area contributed by atoms with Gasteiger partial charge in [-0.2, -0.15) is 0 Å². The lowest BCUT2D eigenvalue weighted by molar-refractivity contribution is -0.150. The van der Waals surface area contributed by atoms with Crippen LogP contribution in [-0.2, 0) is 9.31 Å². The molecule has 4 aliphatic rings. The van der Waals surface area contributed by atoms with E-state index in [0.717, 1.165) is 17.9 Å². The van der Waals surface area contributed by atoms with Gasteiger partial charge in [0, 0.05) is 5.60 Å². The molecule has 1 unspecified atom stereocenters. The van der Waals surface area contributed by atoms with Crippen molar-refractivity contribution < 1.29 is 9.31 Å². The Morgan fingerprint density at radius 2 is 2.06 bits per heavy atom. The van der Waals surface area contributed by atoms with Crippen LogP contribution in [0.15, 0.2) is 11.7 Å². The second-order valence-corrected chi connectivity index (χ2v) is 7.11. The van der Waals surface area contributed by atoms with E-state index >= 15 is 0 Å². The lowest BCUT2D eigenvalue weighted by Crippen LogP contribution is -2.59. The summed E-state index contributed by atoms with van der Waals surface area (Å²) in [5.41, 5.74) is 7.24. The van der Waals surface area contributed by atoms with Crippen LogP contribution in [0.1, 0.15) is 40.5 Å². The van der Waals surface area contributed by atoms with Gasteiger partial charge in [0.2, 0.25) is 0 Å². The fraction of sp³-hybridized carbons (Fsp3) is 0.857. The first-order chi connectivity index (χ1) is 8.39. The normalized spacial score (nSPS) is 41.8. The van der Waals surface area contributed by atoms with Crippen LogP contribution in [0.4, 0.5) is 0 Å². The molecule has 0 aromatic rings. The summed E-state index contributed by atoms with van der Waals surface area (Å²) in [6.45, 7) is 8.97. The van der Waals surface area contributed by atoms with Crippen LogP contribution < -0.4 is 5.73 Å². The third-order valence-corrected chi connectivity index (χ3v) is 5.20. The SMILES string of the molecule is CC(C)/C=C(/N)B1O[C@H]2[C@H]3CC(C[C@H]2O1)C3(C)C. The molecular weight excluding hydrogens is 225 g/mol. The van der Waals surface area contributed by atoms with Gasteiger partial charge in [0.15, 0.2) is 0 Å². The lowest BCUT2D eigenvalue weighted by Gasteiger charge is -2.60. The van der Waals surface area contributed by atoms with Crippen molar-refractivity contribution in [1.29, 1.82) is 0 Å². The van der Waals surface area contributed by atoms with Crippen molar-refractivity contribution in [2.24, 2.45) is 28.9 Å². The van der Waals surface area contributed by atoms with Crippen molar-refractivity contribution >= 4 is 7.12 Å². The maximum Gasteiger partial charge on any atom is 0.510 e. The van der Waals surface area contributed by atoms with Crippen LogP contribution in [0, 0.1) is 23.2 Å². The van der Waals surface area contributed by atoms with E-state index in [2.05, 4.69) is 27.7 Å². The van der Waals surface area contributed by atoms with Crippen molar-refractivity contribution in [3.05, 3.63) is 11.7 Å². The molecule has 1 aliphatic heterocycles. The Balaban J connectivity index is 1.72. The molecule has 4 atom stereocenters. The Morgan fingerprint density at radius 1 is 1.33 bits per heavy atom. The molecule has 0 amide bonds. The van der Waals surface area contributed by atoms with Gasteiger partial charge in [-0.05, 0) is 36.0 Å². The zero-order chi connectivity index (χ0) is 13.1. The summed E-state index contributed by atoms with van der Waals surface area (Å²) in [6.07, 6.45) is 5.01. The average molecular weight is 249 g/mol. The highest BCUT2D eigenvalue weighted by Gasteiger charge is 2.62. The molecule has 3 aliphatic carbocycles. The molecule has 100 valence electrons. The quantitative estimate of drug-likeness (QED) is 0.764. The minimum Gasteiger partial charge on any atom is -0.405 e. The van der Waals surface area contributed by atoms with E-state index in [1.54, 1.807) is 0 Å². The smallest absolute Gasteiger partial charge is 0.405 e. The molecular formula is C14H24BNO2. The van der Waals surface area contributed by atoms with Gasteiger partial charge in [-0.3, -0.25) is 0 Å². The van der Waals surface area contributed by atoms with Gasteiger partial charge in [-0.25, -0.2) is 0 Å². The Morgan fingerprint density at radius 3 is 2.67 bits per heavy atom. The van der Waals surface area contributed by atoms with Crippen LogP contribution in [-0.4, -0.2) is 19.3 Å². The van der Waals surface area contributed by atoms with Crippen molar-refractivity contribution in [2.45, 2.75) is 52.7 Å². The number of nitrogens with two attached hydrogens (primary N) is 1. The van der Waals surface area contributed by atoms with Crippen molar-refractivity contribution in [1.82, 2.24) is 0 Å². The first-order valence-corrected chi connectivity index (χ1v) is 7.17. The third-order valence-electron chi connectivity index (χ3n) is 5.20. The summed E-state index contributed by atoms with van der Waals surface area (Å²) in [6, 6.07) is 0.